The van der Waals surface area contributed by atoms with Crippen LogP contribution in [0.1, 0.15) is 49.8 Å². The van der Waals surface area contributed by atoms with Crippen LogP contribution in [0.4, 0.5) is 5.00 Å². The molecule has 2 aromatic heterocycles. The maximum Gasteiger partial charge on any atom is 0.348 e. The quantitative estimate of drug-likeness (QED) is 0.789. The summed E-state index contributed by atoms with van der Waals surface area (Å²) < 4.78 is 11.5. The van der Waals surface area contributed by atoms with Crippen LogP contribution in [0.2, 0.25) is 0 Å². The minimum atomic E-state index is -0.603. The van der Waals surface area contributed by atoms with Crippen molar-refractivity contribution in [3.8, 4) is 0 Å². The zero-order chi connectivity index (χ0) is 18.6. The number of thiophene rings is 1. The van der Waals surface area contributed by atoms with E-state index >= 15 is 0 Å². The Morgan fingerprint density at radius 1 is 1.20 bits per heavy atom. The van der Waals surface area contributed by atoms with Crippen molar-refractivity contribution in [1.82, 2.24) is 9.78 Å². The summed E-state index contributed by atoms with van der Waals surface area (Å²) >= 11 is 0.984. The molecular weight excluding hydrogens is 346 g/mol. The molecule has 2 aromatic rings. The molecule has 1 amide bonds. The average Bonchev–Trinajstić information content (AvgIpc) is 3.12. The van der Waals surface area contributed by atoms with Gasteiger partial charge in [0.05, 0.1) is 30.5 Å². The zero-order valence-corrected chi connectivity index (χ0v) is 15.2. The SMILES string of the molecule is CCOC(=O)c1sc(NC(=O)c2cnn(C)c2)c(C(=O)OCC)c1C. The van der Waals surface area contributed by atoms with E-state index in [0.717, 1.165) is 11.3 Å². The monoisotopic (exact) mass is 365 g/mol. The van der Waals surface area contributed by atoms with E-state index in [2.05, 4.69) is 10.4 Å². The van der Waals surface area contributed by atoms with E-state index in [1.54, 1.807) is 34.0 Å². The second kappa shape index (κ2) is 7.93. The molecule has 0 aliphatic heterocycles. The van der Waals surface area contributed by atoms with Crippen LogP contribution >= 0.6 is 11.3 Å². The Balaban J connectivity index is 2.40. The molecular formula is C16H19N3O5S. The molecule has 134 valence electrons. The maximum atomic E-state index is 12.4. The van der Waals surface area contributed by atoms with Crippen molar-refractivity contribution >= 4 is 34.2 Å². The number of anilines is 1. The van der Waals surface area contributed by atoms with Gasteiger partial charge in [-0.1, -0.05) is 0 Å². The largest absolute Gasteiger partial charge is 0.462 e. The maximum absolute atomic E-state index is 12.4. The Morgan fingerprint density at radius 3 is 2.40 bits per heavy atom. The van der Waals surface area contributed by atoms with Crippen molar-refractivity contribution in [2.45, 2.75) is 20.8 Å². The number of nitrogens with one attached hydrogen (secondary N) is 1. The number of aromatic nitrogens is 2. The Bertz CT molecular complexity index is 809. The van der Waals surface area contributed by atoms with Crippen LogP contribution < -0.4 is 5.32 Å². The number of aryl methyl sites for hydroxylation is 1. The first-order valence-corrected chi connectivity index (χ1v) is 8.48. The Labute approximate surface area is 148 Å². The molecule has 0 aromatic carbocycles. The third-order valence-corrected chi connectivity index (χ3v) is 4.47. The van der Waals surface area contributed by atoms with Crippen molar-refractivity contribution in [3.63, 3.8) is 0 Å². The van der Waals surface area contributed by atoms with Gasteiger partial charge in [0, 0.05) is 13.2 Å². The Hall–Kier alpha value is -2.68. The van der Waals surface area contributed by atoms with Gasteiger partial charge in [-0.25, -0.2) is 9.59 Å². The summed E-state index contributed by atoms with van der Waals surface area (Å²) in [6, 6.07) is 0. The summed E-state index contributed by atoms with van der Waals surface area (Å²) in [5, 5.41) is 6.83. The normalized spacial score (nSPS) is 10.4. The molecule has 0 bridgehead atoms. The van der Waals surface area contributed by atoms with Crippen LogP contribution in [-0.4, -0.2) is 40.8 Å². The zero-order valence-electron chi connectivity index (χ0n) is 14.4. The van der Waals surface area contributed by atoms with Crippen LogP contribution in [0, 0.1) is 6.92 Å². The molecule has 0 saturated heterocycles. The summed E-state index contributed by atoms with van der Waals surface area (Å²) in [5.74, 6) is -1.58. The smallest absolute Gasteiger partial charge is 0.348 e. The summed E-state index contributed by atoms with van der Waals surface area (Å²) in [6.45, 7) is 5.38. The number of nitrogens with zero attached hydrogens (tertiary/aromatic N) is 2. The molecule has 8 nitrogen and oxygen atoms in total. The lowest BCUT2D eigenvalue weighted by Crippen LogP contribution is -2.14. The van der Waals surface area contributed by atoms with Gasteiger partial charge in [0.25, 0.3) is 5.91 Å². The molecule has 0 saturated carbocycles. The van der Waals surface area contributed by atoms with Crippen molar-refractivity contribution < 1.29 is 23.9 Å². The van der Waals surface area contributed by atoms with Crippen molar-refractivity contribution in [1.29, 1.82) is 0 Å². The van der Waals surface area contributed by atoms with Gasteiger partial charge in [-0.2, -0.15) is 5.10 Å². The van der Waals surface area contributed by atoms with E-state index in [1.165, 1.54) is 10.9 Å². The topological polar surface area (TPSA) is 99.5 Å². The second-order valence-corrected chi connectivity index (χ2v) is 6.08. The van der Waals surface area contributed by atoms with Crippen LogP contribution in [0.5, 0.6) is 0 Å². The fraction of sp³-hybridized carbons (Fsp3) is 0.375. The van der Waals surface area contributed by atoms with Gasteiger partial charge in [0.15, 0.2) is 0 Å². The van der Waals surface area contributed by atoms with E-state index in [1.807, 2.05) is 0 Å². The first kappa shape index (κ1) is 18.7. The fourth-order valence-electron chi connectivity index (χ4n) is 2.16. The summed E-state index contributed by atoms with van der Waals surface area (Å²) in [7, 11) is 1.69. The van der Waals surface area contributed by atoms with Gasteiger partial charge in [-0.3, -0.25) is 9.48 Å². The molecule has 0 aliphatic carbocycles. The molecule has 0 spiro atoms. The van der Waals surface area contributed by atoms with Crippen molar-refractivity contribution in [3.05, 3.63) is 34.0 Å². The van der Waals surface area contributed by atoms with Crippen molar-refractivity contribution in [2.75, 3.05) is 18.5 Å². The average molecular weight is 365 g/mol. The third-order valence-electron chi connectivity index (χ3n) is 3.28. The van der Waals surface area contributed by atoms with E-state index in [9.17, 15) is 14.4 Å². The number of hydrogen-bond acceptors (Lipinski definition) is 7. The number of carbonyl (C=O) groups is 3. The first-order chi connectivity index (χ1) is 11.9. The van der Waals surface area contributed by atoms with Crippen LogP contribution in [0.25, 0.3) is 0 Å². The van der Waals surface area contributed by atoms with Crippen LogP contribution in [0.15, 0.2) is 12.4 Å². The van der Waals surface area contributed by atoms with Gasteiger partial charge in [0.1, 0.15) is 9.88 Å². The molecule has 25 heavy (non-hydrogen) atoms. The number of carbonyl (C=O) groups excluding carboxylic acids is 3. The summed E-state index contributed by atoms with van der Waals surface area (Å²) in [6.07, 6.45) is 2.96. The lowest BCUT2D eigenvalue weighted by atomic mass is 10.1. The molecule has 0 atom stereocenters. The summed E-state index contributed by atoms with van der Waals surface area (Å²) in [5.41, 5.74) is 0.913. The lowest BCUT2D eigenvalue weighted by Gasteiger charge is -2.06. The fourth-order valence-corrected chi connectivity index (χ4v) is 3.24. The molecule has 0 radical (unpaired) electrons. The number of rotatable bonds is 6. The number of ether oxygens (including phenoxy) is 2. The molecule has 1 N–H and O–H groups in total. The molecule has 0 unspecified atom stereocenters. The minimum absolute atomic E-state index is 0.159. The number of amides is 1. The van der Waals surface area contributed by atoms with Crippen LogP contribution in [0.3, 0.4) is 0 Å². The van der Waals surface area contributed by atoms with E-state index in [-0.39, 0.29) is 28.7 Å². The lowest BCUT2D eigenvalue weighted by molar-refractivity contribution is 0.0527. The predicted octanol–water partition coefficient (Wildman–Crippen LogP) is 2.40. The van der Waals surface area contributed by atoms with Gasteiger partial charge < -0.3 is 14.8 Å². The van der Waals surface area contributed by atoms with E-state index < -0.39 is 17.8 Å². The highest BCUT2D eigenvalue weighted by molar-refractivity contribution is 7.18. The predicted molar refractivity (Wildman–Crippen MR) is 92.1 cm³/mol. The number of hydrogen-bond donors (Lipinski definition) is 1. The van der Waals surface area contributed by atoms with Crippen molar-refractivity contribution in [2.24, 2.45) is 7.05 Å². The summed E-state index contributed by atoms with van der Waals surface area (Å²) in [4.78, 5) is 37.0. The standard InChI is InChI=1S/C16H19N3O5S/c1-5-23-15(21)11-9(3)12(16(22)24-6-2)25-14(11)18-13(20)10-7-17-19(4)8-10/h7-8H,5-6H2,1-4H3,(H,18,20). The molecule has 9 heteroatoms. The molecule has 2 heterocycles. The molecule has 0 fully saturated rings. The van der Waals surface area contributed by atoms with Gasteiger partial charge >= 0.3 is 11.9 Å². The Kier molecular flexibility index (Phi) is 5.92. The highest BCUT2D eigenvalue weighted by Gasteiger charge is 2.27. The highest BCUT2D eigenvalue weighted by Crippen LogP contribution is 2.34. The molecule has 2 rings (SSSR count). The van der Waals surface area contributed by atoms with Gasteiger partial charge in [0.2, 0.25) is 0 Å². The van der Waals surface area contributed by atoms with Gasteiger partial charge in [-0.15, -0.1) is 11.3 Å². The highest BCUT2D eigenvalue weighted by atomic mass is 32.1. The van der Waals surface area contributed by atoms with E-state index in [4.69, 9.17) is 9.47 Å². The van der Waals surface area contributed by atoms with Gasteiger partial charge in [-0.05, 0) is 26.3 Å². The van der Waals surface area contributed by atoms with E-state index in [0.29, 0.717) is 11.1 Å². The molecule has 0 aliphatic rings. The number of esters is 2. The minimum Gasteiger partial charge on any atom is -0.462 e. The third kappa shape index (κ3) is 4.05. The Morgan fingerprint density at radius 2 is 1.84 bits per heavy atom. The second-order valence-electron chi connectivity index (χ2n) is 5.06. The first-order valence-electron chi connectivity index (χ1n) is 7.66. The van der Waals surface area contributed by atoms with Crippen LogP contribution in [-0.2, 0) is 16.5 Å².